The Morgan fingerprint density at radius 3 is 0.778 bits per heavy atom. The van der Waals surface area contributed by atoms with E-state index in [2.05, 4.69) is 76.2 Å². The summed E-state index contributed by atoms with van der Waals surface area (Å²) in [4.78, 5) is 0. The smallest absolute Gasteiger partial charge is 0.105 e. The summed E-state index contributed by atoms with van der Waals surface area (Å²) in [5, 5.41) is 0. The van der Waals surface area contributed by atoms with Crippen molar-refractivity contribution >= 4 is 0 Å². The summed E-state index contributed by atoms with van der Waals surface area (Å²) in [5.41, 5.74) is 6.07. The molecule has 0 radical (unpaired) electrons. The van der Waals surface area contributed by atoms with Crippen LogP contribution in [0, 0.1) is 13.8 Å². The highest BCUT2D eigenvalue weighted by Crippen LogP contribution is 2.27. The predicted molar refractivity (Wildman–Crippen MR) is 239 cm³/mol. The zero-order valence-electron chi connectivity index (χ0n) is 36.9. The topological polar surface area (TPSA) is 0 Å². The van der Waals surface area contributed by atoms with Gasteiger partial charge in [-0.2, -0.15) is 0 Å². The molecular formula is C52H92ClN. The number of rotatable bonds is 38. The van der Waals surface area contributed by atoms with E-state index in [1.807, 2.05) is 0 Å². The summed E-state index contributed by atoms with van der Waals surface area (Å²) in [6.07, 6.45) is 46.1. The van der Waals surface area contributed by atoms with Crippen LogP contribution in [-0.2, 0) is 13.1 Å². The molecule has 0 saturated heterocycles. The van der Waals surface area contributed by atoms with E-state index in [1.165, 1.54) is 247 Å². The van der Waals surface area contributed by atoms with Gasteiger partial charge in [0.2, 0.25) is 0 Å². The molecule has 1 nitrogen and oxygen atoms in total. The SMILES string of the molecule is CCCCCCCCCCCCCCCCCC[N+](CCCCCCCCCCCCCCCCCC)(Cc1ccccc1C)Cc1ccccc1C.[Cl-]. The summed E-state index contributed by atoms with van der Waals surface area (Å²) < 4.78 is 1.23. The standard InChI is InChI=1S/C52H92N.ClH/c1-5-7-9-11-13-15-17-19-21-23-25-27-29-31-33-39-45-53(47-51-43-37-35-41-49(51)3,48-52-44-38-36-42-50(52)4)46-40-34-32-30-28-26-24-22-20-18-16-14-12-10-8-6-2;/h35-38,41-44H,5-34,39-40,45-48H2,1-4H3;1H/q+1;/p-1. The maximum atomic E-state index is 2.42. The average molecular weight is 767 g/mol. The van der Waals surface area contributed by atoms with E-state index in [0.717, 1.165) is 0 Å². The van der Waals surface area contributed by atoms with Crippen LogP contribution in [0.4, 0.5) is 0 Å². The van der Waals surface area contributed by atoms with Gasteiger partial charge >= 0.3 is 0 Å². The first-order chi connectivity index (χ1) is 26.1. The van der Waals surface area contributed by atoms with Crippen molar-refractivity contribution in [2.24, 2.45) is 0 Å². The van der Waals surface area contributed by atoms with Gasteiger partial charge < -0.3 is 16.9 Å². The van der Waals surface area contributed by atoms with Crippen LogP contribution >= 0.6 is 0 Å². The van der Waals surface area contributed by atoms with E-state index in [-0.39, 0.29) is 12.4 Å². The Morgan fingerprint density at radius 1 is 0.315 bits per heavy atom. The second-order valence-electron chi connectivity index (χ2n) is 17.6. The lowest BCUT2D eigenvalue weighted by atomic mass is 10.0. The van der Waals surface area contributed by atoms with Gasteiger partial charge in [-0.05, 0) is 50.7 Å². The number of halogens is 1. The second-order valence-corrected chi connectivity index (χ2v) is 17.6. The minimum atomic E-state index is 0. The van der Waals surface area contributed by atoms with Crippen LogP contribution in [0.1, 0.15) is 242 Å². The molecule has 0 aromatic heterocycles. The molecule has 0 fully saturated rings. The van der Waals surface area contributed by atoms with Crippen molar-refractivity contribution in [3.05, 3.63) is 70.8 Å². The molecule has 2 aromatic rings. The first kappa shape index (κ1) is 50.7. The number of aryl methyl sites for hydroxylation is 2. The molecule has 2 aromatic carbocycles. The lowest BCUT2D eigenvalue weighted by Gasteiger charge is -2.40. The Morgan fingerprint density at radius 2 is 0.537 bits per heavy atom. The number of unbranched alkanes of at least 4 members (excludes halogenated alkanes) is 30. The van der Waals surface area contributed by atoms with Gasteiger partial charge in [-0.3, -0.25) is 0 Å². The quantitative estimate of drug-likeness (QED) is 0.0472. The van der Waals surface area contributed by atoms with E-state index >= 15 is 0 Å². The molecule has 0 aliphatic heterocycles. The van der Waals surface area contributed by atoms with Gasteiger partial charge in [0.25, 0.3) is 0 Å². The Labute approximate surface area is 345 Å². The summed E-state index contributed by atoms with van der Waals surface area (Å²) in [7, 11) is 0. The second kappa shape index (κ2) is 36.1. The number of quaternary nitrogens is 1. The fraction of sp³-hybridized carbons (Fsp3) is 0.769. The van der Waals surface area contributed by atoms with Crippen molar-refractivity contribution in [1.29, 1.82) is 0 Å². The Bertz CT molecular complexity index is 992. The summed E-state index contributed by atoms with van der Waals surface area (Å²) >= 11 is 0. The molecule has 312 valence electrons. The Hall–Kier alpha value is -1.31. The Kier molecular flexibility index (Phi) is 33.9. The largest absolute Gasteiger partial charge is 1.00 e. The third-order valence-corrected chi connectivity index (χ3v) is 12.5. The number of benzene rings is 2. The first-order valence-electron chi connectivity index (χ1n) is 24.0. The highest BCUT2D eigenvalue weighted by Gasteiger charge is 2.29. The summed E-state index contributed by atoms with van der Waals surface area (Å²) in [5.74, 6) is 0. The van der Waals surface area contributed by atoms with E-state index in [0.29, 0.717) is 0 Å². The first-order valence-corrected chi connectivity index (χ1v) is 24.0. The van der Waals surface area contributed by atoms with Crippen LogP contribution in [0.25, 0.3) is 0 Å². The van der Waals surface area contributed by atoms with Crippen LogP contribution in [0.3, 0.4) is 0 Å². The molecule has 2 heteroatoms. The van der Waals surface area contributed by atoms with Crippen molar-refractivity contribution in [3.63, 3.8) is 0 Å². The normalized spacial score (nSPS) is 11.6. The molecule has 0 heterocycles. The molecule has 0 unspecified atom stereocenters. The zero-order chi connectivity index (χ0) is 37.9. The van der Waals surface area contributed by atoms with E-state index in [9.17, 15) is 0 Å². The molecule has 2 rings (SSSR count). The van der Waals surface area contributed by atoms with Gasteiger partial charge in [-0.25, -0.2) is 0 Å². The van der Waals surface area contributed by atoms with Crippen LogP contribution in [-0.4, -0.2) is 17.6 Å². The molecule has 0 amide bonds. The lowest BCUT2D eigenvalue weighted by Crippen LogP contribution is -3.00. The monoisotopic (exact) mass is 766 g/mol. The predicted octanol–water partition coefficient (Wildman–Crippen LogP) is 14.3. The van der Waals surface area contributed by atoms with Crippen molar-refractivity contribution in [3.8, 4) is 0 Å². The number of hydrogen-bond donors (Lipinski definition) is 0. The summed E-state index contributed by atoms with van der Waals surface area (Å²) in [6, 6.07) is 18.5. The van der Waals surface area contributed by atoms with Gasteiger partial charge in [-0.1, -0.05) is 242 Å². The van der Waals surface area contributed by atoms with Crippen LogP contribution in [0.2, 0.25) is 0 Å². The van der Waals surface area contributed by atoms with Crippen LogP contribution in [0.15, 0.2) is 48.5 Å². The number of nitrogens with zero attached hydrogens (tertiary/aromatic N) is 1. The van der Waals surface area contributed by atoms with Crippen LogP contribution < -0.4 is 12.4 Å². The maximum absolute atomic E-state index is 2.42. The minimum absolute atomic E-state index is 0. The number of hydrogen-bond acceptors (Lipinski definition) is 0. The zero-order valence-corrected chi connectivity index (χ0v) is 37.7. The molecule has 0 bridgehead atoms. The van der Waals surface area contributed by atoms with Gasteiger partial charge in [-0.15, -0.1) is 0 Å². The van der Waals surface area contributed by atoms with Gasteiger partial charge in [0.05, 0.1) is 13.1 Å². The van der Waals surface area contributed by atoms with Gasteiger partial charge in [0.15, 0.2) is 0 Å². The molecule has 0 N–H and O–H groups in total. The van der Waals surface area contributed by atoms with Gasteiger partial charge in [0.1, 0.15) is 13.1 Å². The highest BCUT2D eigenvalue weighted by atomic mass is 35.5. The van der Waals surface area contributed by atoms with Crippen molar-refractivity contribution < 1.29 is 16.9 Å². The van der Waals surface area contributed by atoms with Crippen molar-refractivity contribution in [2.75, 3.05) is 13.1 Å². The highest BCUT2D eigenvalue weighted by molar-refractivity contribution is 5.26. The van der Waals surface area contributed by atoms with E-state index in [4.69, 9.17) is 0 Å². The van der Waals surface area contributed by atoms with E-state index < -0.39 is 0 Å². The fourth-order valence-corrected chi connectivity index (χ4v) is 8.77. The molecule has 54 heavy (non-hydrogen) atoms. The molecule has 0 atom stereocenters. The Balaban J connectivity index is 0.0000146. The molecule has 0 spiro atoms. The molecule has 0 aliphatic carbocycles. The third-order valence-electron chi connectivity index (χ3n) is 12.5. The maximum Gasteiger partial charge on any atom is 0.105 e. The minimum Gasteiger partial charge on any atom is -1.00 e. The lowest BCUT2D eigenvalue weighted by molar-refractivity contribution is -0.954. The third kappa shape index (κ3) is 26.5. The van der Waals surface area contributed by atoms with Crippen molar-refractivity contribution in [1.82, 2.24) is 0 Å². The fourth-order valence-electron chi connectivity index (χ4n) is 8.77. The van der Waals surface area contributed by atoms with Gasteiger partial charge in [0, 0.05) is 11.1 Å². The molecule has 0 aliphatic rings. The van der Waals surface area contributed by atoms with Crippen LogP contribution in [0.5, 0.6) is 0 Å². The molecule has 0 saturated carbocycles. The van der Waals surface area contributed by atoms with E-state index in [1.54, 1.807) is 11.1 Å². The van der Waals surface area contributed by atoms with Crippen molar-refractivity contribution in [2.45, 2.75) is 246 Å². The molecular weight excluding hydrogens is 674 g/mol. The summed E-state index contributed by atoms with van der Waals surface area (Å²) in [6.45, 7) is 14.3. The average Bonchev–Trinajstić information content (AvgIpc) is 3.16.